The maximum absolute atomic E-state index is 13.5. The number of ether oxygens (including phenoxy) is 1. The number of aromatic nitrogens is 2. The van der Waals surface area contributed by atoms with E-state index in [2.05, 4.69) is 53.2 Å². The van der Waals surface area contributed by atoms with Crippen LogP contribution in [-0.4, -0.2) is 28.3 Å². The zero-order valence-corrected chi connectivity index (χ0v) is 24.2. The summed E-state index contributed by atoms with van der Waals surface area (Å²) in [5.41, 5.74) is 4.68. The third-order valence-corrected chi connectivity index (χ3v) is 8.14. The Morgan fingerprint density at radius 3 is 2.48 bits per heavy atom. The van der Waals surface area contributed by atoms with E-state index >= 15 is 0 Å². The summed E-state index contributed by atoms with van der Waals surface area (Å²) in [6, 6.07) is 31.3. The van der Waals surface area contributed by atoms with Crippen molar-refractivity contribution in [3.05, 3.63) is 125 Å². The van der Waals surface area contributed by atoms with Gasteiger partial charge in [-0.2, -0.15) is 0 Å². The Bertz CT molecular complexity index is 1590. The number of carbonyl (C=O) groups excluding carboxylic acids is 1. The van der Waals surface area contributed by atoms with E-state index < -0.39 is 0 Å². The van der Waals surface area contributed by atoms with Crippen LogP contribution in [-0.2, 0) is 13.0 Å². The third-order valence-electron chi connectivity index (χ3n) is 6.70. The zero-order chi connectivity index (χ0) is 27.9. The summed E-state index contributed by atoms with van der Waals surface area (Å²) in [7, 11) is 1.61. The van der Waals surface area contributed by atoms with Crippen LogP contribution >= 0.6 is 23.4 Å². The molecule has 5 rings (SSSR count). The van der Waals surface area contributed by atoms with Crippen LogP contribution in [0.3, 0.4) is 0 Å². The molecule has 0 aliphatic carbocycles. The average Bonchev–Trinajstić information content (AvgIpc) is 3.33. The zero-order valence-electron chi connectivity index (χ0n) is 22.6. The topological polar surface area (TPSA) is 56.1 Å². The molecule has 1 aromatic heterocycles. The van der Waals surface area contributed by atoms with Crippen molar-refractivity contribution in [2.24, 2.45) is 0 Å². The lowest BCUT2D eigenvalue weighted by Gasteiger charge is -2.21. The van der Waals surface area contributed by atoms with Gasteiger partial charge in [0, 0.05) is 22.0 Å². The van der Waals surface area contributed by atoms with Crippen LogP contribution in [0.5, 0.6) is 5.75 Å². The van der Waals surface area contributed by atoms with Gasteiger partial charge in [0.2, 0.25) is 0 Å². The summed E-state index contributed by atoms with van der Waals surface area (Å²) in [5, 5.41) is 3.98. The fraction of sp³-hybridized carbons (Fsp3) is 0.212. The monoisotopic (exact) mass is 569 g/mol. The van der Waals surface area contributed by atoms with Crippen LogP contribution in [0.2, 0.25) is 5.02 Å². The molecule has 1 unspecified atom stereocenters. The number of fused-ring (bicyclic) bond motifs is 1. The Balaban J connectivity index is 1.58. The molecule has 0 aliphatic heterocycles. The molecule has 0 bridgehead atoms. The summed E-state index contributed by atoms with van der Waals surface area (Å²) in [5.74, 6) is 2.40. The van der Waals surface area contributed by atoms with Crippen LogP contribution in [0.25, 0.3) is 11.0 Å². The molecule has 40 heavy (non-hydrogen) atoms. The van der Waals surface area contributed by atoms with Gasteiger partial charge in [0.1, 0.15) is 11.6 Å². The number of rotatable bonds is 11. The molecule has 0 aliphatic rings. The summed E-state index contributed by atoms with van der Waals surface area (Å²) in [6.45, 7) is 2.76. The Labute approximate surface area is 244 Å². The van der Waals surface area contributed by atoms with Gasteiger partial charge in [0.25, 0.3) is 5.91 Å². The van der Waals surface area contributed by atoms with Gasteiger partial charge in [-0.1, -0.05) is 61.0 Å². The van der Waals surface area contributed by atoms with Crippen LogP contribution in [0, 0.1) is 0 Å². The summed E-state index contributed by atoms with van der Waals surface area (Å²) in [6.07, 6.45) is 1.70. The van der Waals surface area contributed by atoms with Gasteiger partial charge in [-0.15, -0.1) is 11.8 Å². The van der Waals surface area contributed by atoms with Gasteiger partial charge in [-0.05, 0) is 84.3 Å². The molecule has 7 heteroatoms. The largest absolute Gasteiger partial charge is 0.497 e. The number of hydrogen-bond acceptors (Lipinski definition) is 4. The van der Waals surface area contributed by atoms with Crippen molar-refractivity contribution in [2.75, 3.05) is 12.9 Å². The number of carbonyl (C=O) groups is 1. The number of methoxy groups -OCH3 is 1. The van der Waals surface area contributed by atoms with E-state index in [-0.39, 0.29) is 11.9 Å². The quantitative estimate of drug-likeness (QED) is 0.164. The van der Waals surface area contributed by atoms with Crippen LogP contribution < -0.4 is 10.1 Å². The van der Waals surface area contributed by atoms with Crippen molar-refractivity contribution in [2.45, 2.75) is 37.2 Å². The van der Waals surface area contributed by atoms with Gasteiger partial charge < -0.3 is 14.6 Å². The second-order valence-corrected chi connectivity index (χ2v) is 11.2. The normalized spacial score (nSPS) is 11.9. The molecule has 204 valence electrons. The Morgan fingerprint density at radius 1 is 0.975 bits per heavy atom. The standard InChI is InChI=1S/C33H32ClN3O2S/c1-3-18-40-28-16-17-31-29(21-28)35-32(37(31)22-24-10-7-11-26(34)19-24)30(20-23-8-5-4-6-9-23)36-33(38)25-12-14-27(39-2)15-13-25/h4-17,19,21,30H,3,18,20,22H2,1-2H3,(H,36,38). The number of amides is 1. The fourth-order valence-corrected chi connectivity index (χ4v) is 5.74. The van der Waals surface area contributed by atoms with Crippen LogP contribution in [0.4, 0.5) is 0 Å². The molecule has 5 nitrogen and oxygen atoms in total. The maximum atomic E-state index is 13.5. The van der Waals surface area contributed by atoms with E-state index in [1.165, 1.54) is 4.90 Å². The molecule has 0 saturated heterocycles. The Hall–Kier alpha value is -3.74. The number of halogens is 1. The molecule has 1 amide bonds. The first-order valence-corrected chi connectivity index (χ1v) is 14.8. The van der Waals surface area contributed by atoms with E-state index in [0.717, 1.165) is 40.2 Å². The highest BCUT2D eigenvalue weighted by Crippen LogP contribution is 2.29. The molecule has 0 spiro atoms. The smallest absolute Gasteiger partial charge is 0.251 e. The molecule has 5 aromatic rings. The van der Waals surface area contributed by atoms with E-state index in [0.29, 0.717) is 29.3 Å². The van der Waals surface area contributed by atoms with Gasteiger partial charge in [-0.3, -0.25) is 4.79 Å². The first-order valence-electron chi connectivity index (χ1n) is 13.4. The minimum atomic E-state index is -0.365. The SMILES string of the molecule is CCCSc1ccc2c(c1)nc(C(Cc1ccccc1)NC(=O)c1ccc(OC)cc1)n2Cc1cccc(Cl)c1. The second-order valence-electron chi connectivity index (χ2n) is 9.63. The van der Waals surface area contributed by atoms with Crippen molar-refractivity contribution in [3.63, 3.8) is 0 Å². The highest BCUT2D eigenvalue weighted by molar-refractivity contribution is 7.99. The highest BCUT2D eigenvalue weighted by Gasteiger charge is 2.24. The van der Waals surface area contributed by atoms with Crippen molar-refractivity contribution < 1.29 is 9.53 Å². The van der Waals surface area contributed by atoms with Gasteiger partial charge >= 0.3 is 0 Å². The number of nitrogens with one attached hydrogen (secondary N) is 1. The number of imidazole rings is 1. The van der Waals surface area contributed by atoms with Crippen molar-refractivity contribution in [1.29, 1.82) is 0 Å². The van der Waals surface area contributed by atoms with Crippen molar-refractivity contribution in [1.82, 2.24) is 14.9 Å². The maximum Gasteiger partial charge on any atom is 0.251 e. The van der Waals surface area contributed by atoms with E-state index in [1.807, 2.05) is 48.2 Å². The minimum Gasteiger partial charge on any atom is -0.497 e. The summed E-state index contributed by atoms with van der Waals surface area (Å²) < 4.78 is 7.48. The predicted molar refractivity (Wildman–Crippen MR) is 165 cm³/mol. The summed E-state index contributed by atoms with van der Waals surface area (Å²) >= 11 is 8.18. The molecule has 1 atom stereocenters. The molecule has 0 saturated carbocycles. The number of hydrogen-bond donors (Lipinski definition) is 1. The van der Waals surface area contributed by atoms with Gasteiger partial charge in [0.05, 0.1) is 24.2 Å². The van der Waals surface area contributed by atoms with E-state index in [4.69, 9.17) is 21.3 Å². The van der Waals surface area contributed by atoms with Crippen molar-refractivity contribution >= 4 is 40.3 Å². The minimum absolute atomic E-state index is 0.163. The molecule has 1 N–H and O–H groups in total. The second kappa shape index (κ2) is 13.1. The van der Waals surface area contributed by atoms with E-state index in [1.54, 1.807) is 31.4 Å². The van der Waals surface area contributed by atoms with Crippen molar-refractivity contribution in [3.8, 4) is 5.75 Å². The average molecular weight is 570 g/mol. The van der Waals surface area contributed by atoms with Gasteiger partial charge in [-0.25, -0.2) is 4.98 Å². The highest BCUT2D eigenvalue weighted by atomic mass is 35.5. The van der Waals surface area contributed by atoms with E-state index in [9.17, 15) is 4.79 Å². The molecule has 0 fully saturated rings. The first-order chi connectivity index (χ1) is 19.5. The molecule has 1 heterocycles. The van der Waals surface area contributed by atoms with Crippen LogP contribution in [0.1, 0.15) is 46.7 Å². The number of nitrogens with zero attached hydrogens (tertiary/aromatic N) is 2. The lowest BCUT2D eigenvalue weighted by Crippen LogP contribution is -2.32. The Morgan fingerprint density at radius 2 is 1.75 bits per heavy atom. The lowest BCUT2D eigenvalue weighted by atomic mass is 10.0. The fourth-order valence-electron chi connectivity index (χ4n) is 4.73. The van der Waals surface area contributed by atoms with Gasteiger partial charge in [0.15, 0.2) is 0 Å². The first kappa shape index (κ1) is 27.8. The molecular weight excluding hydrogens is 538 g/mol. The Kier molecular flexibility index (Phi) is 9.09. The van der Waals surface area contributed by atoms with Crippen LogP contribution in [0.15, 0.2) is 102 Å². The molecule has 4 aromatic carbocycles. The number of benzene rings is 4. The lowest BCUT2D eigenvalue weighted by molar-refractivity contribution is 0.0934. The number of thioether (sulfide) groups is 1. The summed E-state index contributed by atoms with van der Waals surface area (Å²) in [4.78, 5) is 19.9. The third kappa shape index (κ3) is 6.69. The molecule has 0 radical (unpaired) electrons. The molecular formula is C33H32ClN3O2S. The predicted octanol–water partition coefficient (Wildman–Crippen LogP) is 7.96.